The lowest BCUT2D eigenvalue weighted by atomic mass is 10.1. The molecule has 1 heterocycles. The lowest BCUT2D eigenvalue weighted by Gasteiger charge is -2.17. The standard InChI is InChI=1S/C24H20FN3O2/c1-16-7-3-5-9-20(16)23-27-26-22(30-23)17-11-13-18(14-12-17)24(29)28(2)15-19-8-4-6-10-21(19)25/h3-14H,15H2,1-2H3. The maximum absolute atomic E-state index is 13.8. The van der Waals surface area contributed by atoms with Gasteiger partial charge in [-0.1, -0.05) is 36.4 Å². The van der Waals surface area contributed by atoms with E-state index in [4.69, 9.17) is 4.42 Å². The van der Waals surface area contributed by atoms with Gasteiger partial charge in [-0.25, -0.2) is 4.39 Å². The molecule has 4 aromatic rings. The van der Waals surface area contributed by atoms with Crippen LogP contribution in [0.2, 0.25) is 0 Å². The Morgan fingerprint density at radius 2 is 1.60 bits per heavy atom. The molecule has 150 valence electrons. The van der Waals surface area contributed by atoms with E-state index in [1.54, 1.807) is 49.5 Å². The minimum atomic E-state index is -0.326. The fourth-order valence-corrected chi connectivity index (χ4v) is 3.19. The van der Waals surface area contributed by atoms with E-state index < -0.39 is 0 Å². The highest BCUT2D eigenvalue weighted by Gasteiger charge is 2.16. The van der Waals surface area contributed by atoms with Crippen molar-refractivity contribution in [2.24, 2.45) is 0 Å². The van der Waals surface area contributed by atoms with Gasteiger partial charge in [0.15, 0.2) is 0 Å². The third-order valence-corrected chi connectivity index (χ3v) is 4.89. The van der Waals surface area contributed by atoms with Crippen LogP contribution in [0, 0.1) is 12.7 Å². The van der Waals surface area contributed by atoms with Crippen molar-refractivity contribution < 1.29 is 13.6 Å². The van der Waals surface area contributed by atoms with E-state index in [0.717, 1.165) is 16.7 Å². The molecule has 5 nitrogen and oxygen atoms in total. The molecule has 0 spiro atoms. The summed E-state index contributed by atoms with van der Waals surface area (Å²) in [5.41, 5.74) is 3.62. The summed E-state index contributed by atoms with van der Waals surface area (Å²) in [4.78, 5) is 14.2. The second-order valence-electron chi connectivity index (χ2n) is 7.06. The molecule has 0 radical (unpaired) electrons. The van der Waals surface area contributed by atoms with Crippen molar-refractivity contribution in [3.05, 3.63) is 95.3 Å². The van der Waals surface area contributed by atoms with E-state index in [1.165, 1.54) is 11.0 Å². The number of halogens is 1. The molecule has 1 aromatic heterocycles. The molecule has 3 aromatic carbocycles. The number of aromatic nitrogens is 2. The van der Waals surface area contributed by atoms with Crippen molar-refractivity contribution >= 4 is 5.91 Å². The molecule has 0 aliphatic heterocycles. The highest BCUT2D eigenvalue weighted by Crippen LogP contribution is 2.26. The van der Waals surface area contributed by atoms with Gasteiger partial charge in [-0.3, -0.25) is 4.79 Å². The van der Waals surface area contributed by atoms with Gasteiger partial charge >= 0.3 is 0 Å². The number of carbonyl (C=O) groups is 1. The minimum absolute atomic E-state index is 0.191. The van der Waals surface area contributed by atoms with Crippen LogP contribution in [-0.4, -0.2) is 28.1 Å². The van der Waals surface area contributed by atoms with Crippen molar-refractivity contribution in [2.75, 3.05) is 7.05 Å². The molecule has 0 saturated carbocycles. The number of nitrogens with zero attached hydrogens (tertiary/aromatic N) is 3. The van der Waals surface area contributed by atoms with Crippen molar-refractivity contribution in [1.82, 2.24) is 15.1 Å². The Morgan fingerprint density at radius 3 is 2.33 bits per heavy atom. The molecule has 0 unspecified atom stereocenters. The number of hydrogen-bond donors (Lipinski definition) is 0. The van der Waals surface area contributed by atoms with E-state index in [1.807, 2.05) is 31.2 Å². The van der Waals surface area contributed by atoms with Gasteiger partial charge in [-0.15, -0.1) is 10.2 Å². The van der Waals surface area contributed by atoms with Crippen LogP contribution in [0.5, 0.6) is 0 Å². The Hall–Kier alpha value is -3.80. The number of benzene rings is 3. The Kier molecular flexibility index (Phi) is 5.39. The average Bonchev–Trinajstić information content (AvgIpc) is 3.25. The van der Waals surface area contributed by atoms with Crippen molar-refractivity contribution in [1.29, 1.82) is 0 Å². The van der Waals surface area contributed by atoms with Crippen LogP contribution in [0.1, 0.15) is 21.5 Å². The normalized spacial score (nSPS) is 10.8. The van der Waals surface area contributed by atoms with Crippen LogP contribution in [0.3, 0.4) is 0 Å². The minimum Gasteiger partial charge on any atom is -0.416 e. The number of carbonyl (C=O) groups excluding carboxylic acids is 1. The molecular weight excluding hydrogens is 381 g/mol. The van der Waals surface area contributed by atoms with E-state index >= 15 is 0 Å². The number of amides is 1. The molecule has 6 heteroatoms. The third-order valence-electron chi connectivity index (χ3n) is 4.89. The predicted molar refractivity (Wildman–Crippen MR) is 112 cm³/mol. The fraction of sp³-hybridized carbons (Fsp3) is 0.125. The largest absolute Gasteiger partial charge is 0.416 e. The Morgan fingerprint density at radius 1 is 0.933 bits per heavy atom. The second kappa shape index (κ2) is 8.29. The van der Waals surface area contributed by atoms with Gasteiger partial charge in [0.25, 0.3) is 5.91 Å². The highest BCUT2D eigenvalue weighted by atomic mass is 19.1. The van der Waals surface area contributed by atoms with E-state index in [-0.39, 0.29) is 18.3 Å². The van der Waals surface area contributed by atoms with Crippen LogP contribution >= 0.6 is 0 Å². The molecule has 1 amide bonds. The van der Waals surface area contributed by atoms with Crippen molar-refractivity contribution in [3.8, 4) is 22.9 Å². The molecule has 0 aliphatic carbocycles. The van der Waals surface area contributed by atoms with Crippen LogP contribution < -0.4 is 0 Å². The first kappa shape index (κ1) is 19.5. The smallest absolute Gasteiger partial charge is 0.253 e. The first-order chi connectivity index (χ1) is 14.5. The molecule has 0 saturated heterocycles. The monoisotopic (exact) mass is 401 g/mol. The summed E-state index contributed by atoms with van der Waals surface area (Å²) >= 11 is 0. The van der Waals surface area contributed by atoms with Crippen LogP contribution in [0.4, 0.5) is 4.39 Å². The van der Waals surface area contributed by atoms with Gasteiger partial charge in [-0.2, -0.15) is 0 Å². The van der Waals surface area contributed by atoms with Gasteiger partial charge in [0, 0.05) is 35.8 Å². The summed E-state index contributed by atoms with van der Waals surface area (Å²) in [5, 5.41) is 8.26. The first-order valence-electron chi connectivity index (χ1n) is 9.52. The lowest BCUT2D eigenvalue weighted by Crippen LogP contribution is -2.26. The Labute approximate surface area is 173 Å². The summed E-state index contributed by atoms with van der Waals surface area (Å²) < 4.78 is 19.7. The maximum Gasteiger partial charge on any atom is 0.253 e. The second-order valence-corrected chi connectivity index (χ2v) is 7.06. The molecular formula is C24H20FN3O2. The molecule has 0 N–H and O–H groups in total. The first-order valence-corrected chi connectivity index (χ1v) is 9.52. The third kappa shape index (κ3) is 3.98. The molecule has 4 rings (SSSR count). The molecule has 30 heavy (non-hydrogen) atoms. The van der Waals surface area contributed by atoms with Crippen molar-refractivity contribution in [3.63, 3.8) is 0 Å². The summed E-state index contributed by atoms with van der Waals surface area (Å²) in [6, 6.07) is 21.2. The highest BCUT2D eigenvalue weighted by molar-refractivity contribution is 5.94. The van der Waals surface area contributed by atoms with Gasteiger partial charge in [0.2, 0.25) is 11.8 Å². The lowest BCUT2D eigenvalue weighted by molar-refractivity contribution is 0.0784. The maximum atomic E-state index is 13.8. The fourth-order valence-electron chi connectivity index (χ4n) is 3.19. The summed E-state index contributed by atoms with van der Waals surface area (Å²) in [5.74, 6) is 0.309. The van der Waals surface area contributed by atoms with E-state index in [2.05, 4.69) is 10.2 Å². The van der Waals surface area contributed by atoms with E-state index in [9.17, 15) is 9.18 Å². The summed E-state index contributed by atoms with van der Waals surface area (Å²) in [6.45, 7) is 2.17. The zero-order valence-electron chi connectivity index (χ0n) is 16.7. The van der Waals surface area contributed by atoms with Gasteiger partial charge in [0.05, 0.1) is 0 Å². The van der Waals surface area contributed by atoms with Crippen LogP contribution in [0.15, 0.2) is 77.2 Å². The molecule has 0 atom stereocenters. The molecule has 0 aliphatic rings. The summed E-state index contributed by atoms with van der Waals surface area (Å²) in [7, 11) is 1.65. The van der Waals surface area contributed by atoms with E-state index in [0.29, 0.717) is 22.9 Å². The number of aryl methyl sites for hydroxylation is 1. The van der Waals surface area contributed by atoms with Crippen molar-refractivity contribution in [2.45, 2.75) is 13.5 Å². The quantitative estimate of drug-likeness (QED) is 0.466. The Balaban J connectivity index is 1.50. The average molecular weight is 401 g/mol. The molecule has 0 fully saturated rings. The predicted octanol–water partition coefficient (Wildman–Crippen LogP) is 5.12. The van der Waals surface area contributed by atoms with Crippen LogP contribution in [0.25, 0.3) is 22.9 Å². The summed E-state index contributed by atoms with van der Waals surface area (Å²) in [6.07, 6.45) is 0. The SMILES string of the molecule is Cc1ccccc1-c1nnc(-c2ccc(C(=O)N(C)Cc3ccccc3F)cc2)o1. The van der Waals surface area contributed by atoms with Crippen LogP contribution in [-0.2, 0) is 6.54 Å². The van der Waals surface area contributed by atoms with Gasteiger partial charge in [0.1, 0.15) is 5.82 Å². The Bertz CT molecular complexity index is 1190. The number of hydrogen-bond acceptors (Lipinski definition) is 4. The zero-order chi connectivity index (χ0) is 21.1. The van der Waals surface area contributed by atoms with Gasteiger partial charge in [-0.05, 0) is 48.9 Å². The topological polar surface area (TPSA) is 59.2 Å². The van der Waals surface area contributed by atoms with Gasteiger partial charge < -0.3 is 9.32 Å². The molecule has 0 bridgehead atoms. The zero-order valence-corrected chi connectivity index (χ0v) is 16.7. The number of rotatable bonds is 5.